The van der Waals surface area contributed by atoms with Gasteiger partial charge in [-0.1, -0.05) is 116 Å². The minimum absolute atomic E-state index is 0. The lowest BCUT2D eigenvalue weighted by molar-refractivity contribution is -0.134. The van der Waals surface area contributed by atoms with Gasteiger partial charge in [-0.25, -0.2) is 27.8 Å². The summed E-state index contributed by atoms with van der Waals surface area (Å²) in [5.41, 5.74) is 11.2. The number of aliphatic carboxylic acids is 1. The molecule has 338 valence electrons. The summed E-state index contributed by atoms with van der Waals surface area (Å²) >= 11 is 14.4. The first-order chi connectivity index (χ1) is 29.3. The predicted octanol–water partition coefficient (Wildman–Crippen LogP) is 10.5. The Morgan fingerprint density at radius 2 is 1.25 bits per heavy atom. The monoisotopic (exact) mass is 968 g/mol. The quantitative estimate of drug-likeness (QED) is 0.133. The number of nitrogen functional groups attached to an aromatic ring is 1. The Labute approximate surface area is 387 Å². The van der Waals surface area contributed by atoms with Gasteiger partial charge in [-0.3, -0.25) is 23.5 Å². The summed E-state index contributed by atoms with van der Waals surface area (Å²) in [6.45, 7) is 10.2. The van der Waals surface area contributed by atoms with Crippen LogP contribution in [0.5, 0.6) is 0 Å². The van der Waals surface area contributed by atoms with Crippen molar-refractivity contribution in [3.63, 3.8) is 0 Å². The van der Waals surface area contributed by atoms with E-state index in [1.54, 1.807) is 30.3 Å². The molecule has 0 spiro atoms. The summed E-state index contributed by atoms with van der Waals surface area (Å²) in [6.07, 6.45) is 2.73. The molecular weight excluding hydrogens is 923 g/mol. The largest absolute Gasteiger partial charge is 0.481 e. The molecule has 14 nitrogen and oxygen atoms in total. The van der Waals surface area contributed by atoms with E-state index in [4.69, 9.17) is 38.8 Å². The number of nitrogens with zero attached hydrogens (tertiary/aromatic N) is 6. The van der Waals surface area contributed by atoms with Crippen LogP contribution in [0.1, 0.15) is 51.0 Å². The van der Waals surface area contributed by atoms with Crippen LogP contribution in [0.2, 0.25) is 10.0 Å². The number of aryl methyl sites for hydroxylation is 4. The number of anilines is 3. The van der Waals surface area contributed by atoms with Gasteiger partial charge in [-0.2, -0.15) is 4.98 Å². The third kappa shape index (κ3) is 12.6. The van der Waals surface area contributed by atoms with Crippen LogP contribution >= 0.6 is 45.9 Å². The molecule has 8 rings (SSSR count). The number of nitrogens with one attached hydrogen (secondary N) is 1. The molecule has 0 radical (unpaired) electrons. The molecule has 0 atom stereocenters. The molecule has 20 heteroatoms. The minimum Gasteiger partial charge on any atom is -0.481 e. The lowest BCUT2D eigenvalue weighted by atomic mass is 10.2. The van der Waals surface area contributed by atoms with Crippen molar-refractivity contribution in [3.8, 4) is 11.4 Å². The van der Waals surface area contributed by atoms with E-state index < -0.39 is 15.8 Å². The van der Waals surface area contributed by atoms with Gasteiger partial charge >= 0.3 is 0 Å². The van der Waals surface area contributed by atoms with Crippen LogP contribution in [0, 0.1) is 33.5 Å². The second-order valence-corrected chi connectivity index (χ2v) is 18.7. The predicted molar refractivity (Wildman–Crippen MR) is 260 cm³/mol. The topological polar surface area (TPSA) is 205 Å². The molecule has 0 saturated carbocycles. The number of carboxylic acids is 1. The Hall–Kier alpha value is -6.05. The normalized spacial score (nSPS) is 10.5. The Morgan fingerprint density at radius 3 is 1.70 bits per heavy atom. The van der Waals surface area contributed by atoms with Crippen molar-refractivity contribution in [1.29, 1.82) is 0 Å². The average molecular weight is 970 g/mol. The van der Waals surface area contributed by atoms with Crippen molar-refractivity contribution in [2.24, 2.45) is 0 Å². The molecule has 4 aromatic carbocycles. The Kier molecular flexibility index (Phi) is 18.4. The zero-order valence-electron chi connectivity index (χ0n) is 34.0. The van der Waals surface area contributed by atoms with Gasteiger partial charge in [0.15, 0.2) is 16.4 Å². The van der Waals surface area contributed by atoms with Crippen molar-refractivity contribution in [1.82, 2.24) is 29.1 Å². The molecule has 0 amide bonds. The molecule has 0 aliphatic rings. The number of aromatic nitrogens is 6. The van der Waals surface area contributed by atoms with Crippen molar-refractivity contribution in [2.75, 3.05) is 16.8 Å². The van der Waals surface area contributed by atoms with Gasteiger partial charge in [0.25, 0.3) is 17.1 Å². The van der Waals surface area contributed by atoms with Gasteiger partial charge in [0.2, 0.25) is 14.2 Å². The summed E-state index contributed by atoms with van der Waals surface area (Å²) in [6, 6.07) is 23.4. The van der Waals surface area contributed by atoms with Crippen LogP contribution in [-0.4, -0.2) is 54.3 Å². The number of rotatable bonds is 6. The second-order valence-electron chi connectivity index (χ2n) is 13.4. The molecule has 4 heterocycles. The van der Waals surface area contributed by atoms with E-state index in [1.807, 2.05) is 70.2 Å². The lowest BCUT2D eigenvalue weighted by Gasteiger charge is -2.10. The average Bonchev–Trinajstić information content (AvgIpc) is 3.85. The number of para-hydroxylation sites is 2. The SMILES string of the molecule is C.C.CC(=O)O.CCS(=O)(=O)c1nc2ncn(-c3c(C)cccc3Cl)c(=O)c2s1.Cc1ccc(N)cc1.Cc1ccc(Nc2nc3ncn(-c4c(C)cccc4Cl)c(=O)c3s2)c(F)c1. The van der Waals surface area contributed by atoms with Gasteiger partial charge in [0, 0.05) is 12.6 Å². The molecule has 0 aliphatic carbocycles. The highest BCUT2D eigenvalue weighted by Gasteiger charge is 2.21. The minimum atomic E-state index is -3.48. The first-order valence-electron chi connectivity index (χ1n) is 18.4. The number of carboxylic acid groups (broad SMARTS) is 1. The zero-order valence-corrected chi connectivity index (χ0v) is 37.9. The number of sulfone groups is 1. The second kappa shape index (κ2) is 22.5. The van der Waals surface area contributed by atoms with Gasteiger partial charge in [0.1, 0.15) is 27.9 Å². The van der Waals surface area contributed by atoms with Gasteiger partial charge in [0.05, 0.1) is 32.9 Å². The van der Waals surface area contributed by atoms with E-state index in [1.165, 1.54) is 40.3 Å². The first-order valence-corrected chi connectivity index (χ1v) is 22.4. The number of hydrogen-bond acceptors (Lipinski definition) is 13. The number of hydrogen-bond donors (Lipinski definition) is 3. The third-order valence-electron chi connectivity index (χ3n) is 8.56. The van der Waals surface area contributed by atoms with Gasteiger partial charge in [-0.05, 0) is 80.8 Å². The summed E-state index contributed by atoms with van der Waals surface area (Å²) in [4.78, 5) is 51.3. The van der Waals surface area contributed by atoms with Crippen molar-refractivity contribution >= 4 is 98.9 Å². The Bertz CT molecular complexity index is 3090. The maximum absolute atomic E-state index is 14.1. The van der Waals surface area contributed by atoms with Crippen molar-refractivity contribution in [2.45, 2.75) is 60.7 Å². The van der Waals surface area contributed by atoms with Crippen molar-refractivity contribution < 1.29 is 22.7 Å². The smallest absolute Gasteiger partial charge is 0.300 e. The van der Waals surface area contributed by atoms with Crippen molar-refractivity contribution in [3.05, 3.63) is 150 Å². The summed E-state index contributed by atoms with van der Waals surface area (Å²) in [5, 5.41) is 11.6. The Balaban J connectivity index is 0.000000266. The highest BCUT2D eigenvalue weighted by Crippen LogP contribution is 2.29. The van der Waals surface area contributed by atoms with Crippen LogP contribution in [-0.2, 0) is 14.6 Å². The van der Waals surface area contributed by atoms with E-state index in [-0.39, 0.29) is 52.2 Å². The van der Waals surface area contributed by atoms with Crippen LogP contribution in [0.15, 0.2) is 105 Å². The molecule has 0 bridgehead atoms. The molecular formula is C44H47Cl2FN8O6S3. The third-order valence-corrected chi connectivity index (χ3v) is 13.3. The number of benzene rings is 4. The molecule has 0 aliphatic heterocycles. The van der Waals surface area contributed by atoms with Crippen LogP contribution in [0.25, 0.3) is 32.1 Å². The molecule has 0 unspecified atom stereocenters. The molecule has 8 aromatic rings. The number of nitrogens with two attached hydrogens (primary N) is 1. The molecule has 0 fully saturated rings. The number of fused-ring (bicyclic) bond motifs is 2. The van der Waals surface area contributed by atoms with Gasteiger partial charge in [-0.15, -0.1) is 0 Å². The zero-order chi connectivity index (χ0) is 45.5. The summed E-state index contributed by atoms with van der Waals surface area (Å²) in [5.74, 6) is -1.30. The van der Waals surface area contributed by atoms with Crippen LogP contribution in [0.3, 0.4) is 0 Å². The Morgan fingerprint density at radius 1 is 0.781 bits per heavy atom. The van der Waals surface area contributed by atoms with E-state index in [2.05, 4.69) is 25.3 Å². The molecule has 0 saturated heterocycles. The lowest BCUT2D eigenvalue weighted by Crippen LogP contribution is -2.19. The fraction of sp³-hybridized carbons (Fsp3) is 0.205. The van der Waals surface area contributed by atoms with E-state index in [9.17, 15) is 22.4 Å². The van der Waals surface area contributed by atoms with Crippen LogP contribution in [0.4, 0.5) is 20.9 Å². The first kappa shape index (κ1) is 52.3. The molecule has 4 N–H and O–H groups in total. The van der Waals surface area contributed by atoms with E-state index in [0.717, 1.165) is 52.0 Å². The maximum Gasteiger partial charge on any atom is 0.300 e. The van der Waals surface area contributed by atoms with E-state index in [0.29, 0.717) is 42.6 Å². The highest BCUT2D eigenvalue weighted by molar-refractivity contribution is 7.93. The number of halogens is 3. The van der Waals surface area contributed by atoms with Crippen LogP contribution < -0.4 is 22.2 Å². The highest BCUT2D eigenvalue weighted by atomic mass is 35.5. The molecule has 4 aromatic heterocycles. The number of thiazole rings is 2. The fourth-order valence-corrected chi connectivity index (χ4v) is 9.25. The summed E-state index contributed by atoms with van der Waals surface area (Å²) in [7, 11) is -3.48. The standard InChI is InChI=1S/C19H14ClFN4OS.C14H12ClN3O3S2.C7H9N.C2H4O2.2CH4/c1-10-6-7-14(13(21)8-10)23-19-24-17-16(27-19)18(26)25(9-22-17)15-11(2)4-3-5-12(15)20;1-3-23(20,21)14-17-12-11(22-14)13(19)18(7-16-12)10-8(2)5-4-6-9(10)15;1-6-2-4-7(8)5-3-6;1-2(3)4;;/h3-9H,1-2H3,(H,23,24);4-7H,3H2,1-2H3;2-5H,8H2,1H3;1H3,(H,3,4);2*1H4. The molecule has 64 heavy (non-hydrogen) atoms. The van der Waals surface area contributed by atoms with Gasteiger partial charge < -0.3 is 16.2 Å². The fourth-order valence-electron chi connectivity index (χ4n) is 5.50. The maximum atomic E-state index is 14.1. The van der Waals surface area contributed by atoms with E-state index >= 15 is 0 Å². The summed E-state index contributed by atoms with van der Waals surface area (Å²) < 4.78 is 41.1. The number of carbonyl (C=O) groups is 1.